The lowest BCUT2D eigenvalue weighted by Crippen LogP contribution is -2.22. The molecule has 0 radical (unpaired) electrons. The van der Waals surface area contributed by atoms with E-state index in [0.717, 1.165) is 12.8 Å². The van der Waals surface area contributed by atoms with Gasteiger partial charge in [-0.05, 0) is 12.8 Å². The van der Waals surface area contributed by atoms with Gasteiger partial charge in [0.1, 0.15) is 0 Å². The monoisotopic (exact) mass is 133 g/mol. The first-order chi connectivity index (χ1) is 3.84. The van der Waals surface area contributed by atoms with E-state index in [1.807, 2.05) is 0 Å². The van der Waals surface area contributed by atoms with Gasteiger partial charge in [0.25, 0.3) is 0 Å². The highest BCUT2D eigenvalue weighted by Crippen LogP contribution is 2.28. The first-order valence-electron chi connectivity index (χ1n) is 2.68. The van der Waals surface area contributed by atoms with Crippen LogP contribution in [0.3, 0.4) is 0 Å². The van der Waals surface area contributed by atoms with Crippen molar-refractivity contribution in [3.05, 3.63) is 0 Å². The first kappa shape index (κ1) is 5.89. The van der Waals surface area contributed by atoms with Crippen molar-refractivity contribution in [2.24, 2.45) is 5.92 Å². The van der Waals surface area contributed by atoms with Crippen LogP contribution in [0.5, 0.6) is 0 Å². The zero-order chi connectivity index (χ0) is 5.98. The van der Waals surface area contributed by atoms with Crippen LogP contribution in [0.25, 0.3) is 0 Å². The minimum absolute atomic E-state index is 0.111. The largest absolute Gasteiger partial charge is 0.342 e. The van der Waals surface area contributed by atoms with E-state index in [1.54, 1.807) is 0 Å². The predicted octanol–water partition coefficient (Wildman–Crippen LogP) is 0.709. The second-order valence-electron chi connectivity index (χ2n) is 1.95. The van der Waals surface area contributed by atoms with Crippen molar-refractivity contribution in [1.29, 1.82) is 0 Å². The molecule has 0 saturated heterocycles. The minimum atomic E-state index is 0.111. The van der Waals surface area contributed by atoms with Crippen molar-refractivity contribution in [2.45, 2.75) is 12.8 Å². The summed E-state index contributed by atoms with van der Waals surface area (Å²) in [7, 11) is 0. The standard InChI is InChI=1S/C5H8ClNO/c6-3-7-5(8)4-1-2-4/h4H,1-3H2,(H,7,8). The van der Waals surface area contributed by atoms with Crippen molar-refractivity contribution in [3.63, 3.8) is 0 Å². The fraction of sp³-hybridized carbons (Fsp3) is 0.800. The Morgan fingerprint density at radius 3 is 2.75 bits per heavy atom. The molecule has 3 heteroatoms. The quantitative estimate of drug-likeness (QED) is 0.436. The van der Waals surface area contributed by atoms with Crippen LogP contribution in [0, 0.1) is 5.92 Å². The molecule has 0 atom stereocenters. The smallest absolute Gasteiger partial charge is 0.224 e. The van der Waals surface area contributed by atoms with Crippen LogP contribution in [0.4, 0.5) is 0 Å². The molecule has 1 rings (SSSR count). The van der Waals surface area contributed by atoms with Crippen LogP contribution in [-0.2, 0) is 4.79 Å². The van der Waals surface area contributed by atoms with Gasteiger partial charge in [-0.25, -0.2) is 0 Å². The normalized spacial score (nSPS) is 18.1. The summed E-state index contributed by atoms with van der Waals surface area (Å²) in [5, 5.41) is 2.53. The molecule has 1 aliphatic carbocycles. The highest BCUT2D eigenvalue weighted by Gasteiger charge is 2.28. The third-order valence-corrected chi connectivity index (χ3v) is 1.32. The molecular formula is C5H8ClNO. The number of hydrogen-bond donors (Lipinski definition) is 1. The Balaban J connectivity index is 2.13. The van der Waals surface area contributed by atoms with E-state index in [2.05, 4.69) is 5.32 Å². The Morgan fingerprint density at radius 2 is 2.38 bits per heavy atom. The molecule has 1 aliphatic rings. The molecule has 2 nitrogen and oxygen atoms in total. The summed E-state index contributed by atoms with van der Waals surface area (Å²) < 4.78 is 0. The lowest BCUT2D eigenvalue weighted by molar-refractivity contribution is -0.121. The number of carbonyl (C=O) groups is 1. The fourth-order valence-electron chi connectivity index (χ4n) is 0.556. The summed E-state index contributed by atoms with van der Waals surface area (Å²) in [6.45, 7) is 0. The maximum atomic E-state index is 10.6. The van der Waals surface area contributed by atoms with Gasteiger partial charge in [-0.3, -0.25) is 4.79 Å². The van der Waals surface area contributed by atoms with Crippen LogP contribution in [0.15, 0.2) is 0 Å². The maximum absolute atomic E-state index is 10.6. The van der Waals surface area contributed by atoms with Crippen molar-refractivity contribution >= 4 is 17.5 Å². The van der Waals surface area contributed by atoms with Gasteiger partial charge in [0, 0.05) is 5.92 Å². The van der Waals surface area contributed by atoms with Gasteiger partial charge in [-0.2, -0.15) is 0 Å². The molecule has 0 heterocycles. The Hall–Kier alpha value is -0.240. The molecule has 0 aromatic heterocycles. The summed E-state index contributed by atoms with van der Waals surface area (Å²) >= 11 is 5.24. The second kappa shape index (κ2) is 2.35. The van der Waals surface area contributed by atoms with Gasteiger partial charge < -0.3 is 5.32 Å². The number of rotatable bonds is 2. The van der Waals surface area contributed by atoms with E-state index >= 15 is 0 Å². The molecule has 8 heavy (non-hydrogen) atoms. The molecule has 0 aliphatic heterocycles. The number of halogens is 1. The molecule has 0 unspecified atom stereocenters. The molecular weight excluding hydrogens is 126 g/mol. The molecule has 1 amide bonds. The molecule has 0 spiro atoms. The van der Waals surface area contributed by atoms with Crippen LogP contribution in [0.2, 0.25) is 0 Å². The van der Waals surface area contributed by atoms with Gasteiger partial charge in [-0.15, -0.1) is 11.6 Å². The average Bonchev–Trinajstić information content (AvgIpc) is 2.45. The third kappa shape index (κ3) is 1.37. The third-order valence-electron chi connectivity index (χ3n) is 1.19. The SMILES string of the molecule is O=C(NCCl)C1CC1. The van der Waals surface area contributed by atoms with E-state index < -0.39 is 0 Å². The molecule has 0 aromatic rings. The molecule has 1 saturated carbocycles. The zero-order valence-electron chi connectivity index (χ0n) is 4.48. The lowest BCUT2D eigenvalue weighted by Gasteiger charge is -1.94. The van der Waals surface area contributed by atoms with Crippen molar-refractivity contribution in [1.82, 2.24) is 5.32 Å². The van der Waals surface area contributed by atoms with Crippen LogP contribution >= 0.6 is 11.6 Å². The van der Waals surface area contributed by atoms with E-state index in [0.29, 0.717) is 0 Å². The summed E-state index contributed by atoms with van der Waals surface area (Å²) in [6.07, 6.45) is 2.09. The van der Waals surface area contributed by atoms with E-state index in [-0.39, 0.29) is 17.8 Å². The summed E-state index contributed by atoms with van der Waals surface area (Å²) in [4.78, 5) is 10.6. The van der Waals surface area contributed by atoms with Crippen molar-refractivity contribution < 1.29 is 4.79 Å². The highest BCUT2D eigenvalue weighted by atomic mass is 35.5. The van der Waals surface area contributed by atoms with E-state index in [1.165, 1.54) is 0 Å². The Morgan fingerprint density at radius 1 is 1.75 bits per heavy atom. The van der Waals surface area contributed by atoms with E-state index in [9.17, 15) is 4.79 Å². The van der Waals surface area contributed by atoms with Gasteiger partial charge in [0.2, 0.25) is 5.91 Å². The average molecular weight is 134 g/mol. The highest BCUT2D eigenvalue weighted by molar-refractivity contribution is 6.18. The summed E-state index contributed by atoms with van der Waals surface area (Å²) in [5.74, 6) is 0.397. The Kier molecular flexibility index (Phi) is 1.73. The topological polar surface area (TPSA) is 29.1 Å². The number of carbonyl (C=O) groups excluding carboxylic acids is 1. The van der Waals surface area contributed by atoms with Gasteiger partial charge in [0.05, 0.1) is 6.00 Å². The predicted molar refractivity (Wildman–Crippen MR) is 31.6 cm³/mol. The molecule has 0 bridgehead atoms. The number of hydrogen-bond acceptors (Lipinski definition) is 1. The maximum Gasteiger partial charge on any atom is 0.224 e. The molecule has 1 fully saturated rings. The Labute approximate surface area is 53.2 Å². The van der Waals surface area contributed by atoms with E-state index in [4.69, 9.17) is 11.6 Å². The van der Waals surface area contributed by atoms with Crippen molar-refractivity contribution in [2.75, 3.05) is 6.00 Å². The number of nitrogens with one attached hydrogen (secondary N) is 1. The minimum Gasteiger partial charge on any atom is -0.342 e. The lowest BCUT2D eigenvalue weighted by atomic mass is 10.4. The van der Waals surface area contributed by atoms with Gasteiger partial charge in [0.15, 0.2) is 0 Å². The number of alkyl halides is 1. The molecule has 0 aromatic carbocycles. The van der Waals surface area contributed by atoms with Crippen molar-refractivity contribution in [3.8, 4) is 0 Å². The number of amides is 1. The van der Waals surface area contributed by atoms with Gasteiger partial charge >= 0.3 is 0 Å². The summed E-state index contributed by atoms with van der Waals surface area (Å²) in [5.41, 5.74) is 0. The second-order valence-corrected chi connectivity index (χ2v) is 2.22. The zero-order valence-corrected chi connectivity index (χ0v) is 5.24. The van der Waals surface area contributed by atoms with Gasteiger partial charge in [-0.1, -0.05) is 0 Å². The van der Waals surface area contributed by atoms with Crippen LogP contribution in [0.1, 0.15) is 12.8 Å². The first-order valence-corrected chi connectivity index (χ1v) is 3.21. The summed E-state index contributed by atoms with van der Waals surface area (Å²) in [6, 6.07) is 0.245. The molecule has 46 valence electrons. The fourth-order valence-corrected chi connectivity index (χ4v) is 0.687. The van der Waals surface area contributed by atoms with Crippen LogP contribution in [-0.4, -0.2) is 11.9 Å². The van der Waals surface area contributed by atoms with Crippen LogP contribution < -0.4 is 5.32 Å². The molecule has 1 N–H and O–H groups in total. The Bertz CT molecular complexity index is 101.